The van der Waals surface area contributed by atoms with Crippen LogP contribution in [-0.2, 0) is 10.8 Å². The van der Waals surface area contributed by atoms with E-state index in [0.717, 1.165) is 11.1 Å². The quantitative estimate of drug-likeness (QED) is 0.534. The molecular weight excluding hydrogens is 355 g/mol. The highest BCUT2D eigenvalue weighted by Crippen LogP contribution is 2.42. The minimum Gasteiger partial charge on any atom is -0.505 e. The maximum atomic E-state index is 10.7. The first-order valence-electron chi connectivity index (χ1n) is 8.14. The van der Waals surface area contributed by atoms with Gasteiger partial charge in [-0.2, -0.15) is 0 Å². The molecule has 0 aliphatic rings. The van der Waals surface area contributed by atoms with Crippen LogP contribution in [0, 0.1) is 0 Å². The fraction of sp³-hybridized carbons (Fsp3) is 0.400. The van der Waals surface area contributed by atoms with Gasteiger partial charge in [-0.15, -0.1) is 10.2 Å². The van der Waals surface area contributed by atoms with E-state index in [4.69, 9.17) is 23.2 Å². The first-order chi connectivity index (χ1) is 11.4. The number of hydrogen-bond donors (Lipinski definition) is 1. The van der Waals surface area contributed by atoms with Crippen LogP contribution in [0.2, 0.25) is 10.0 Å². The maximum absolute atomic E-state index is 10.7. The number of benzene rings is 2. The first kappa shape index (κ1) is 19.7. The zero-order valence-electron chi connectivity index (χ0n) is 15.5. The second-order valence-electron chi connectivity index (χ2n) is 8.19. The minimum atomic E-state index is -0.219. The Morgan fingerprint density at radius 1 is 0.800 bits per heavy atom. The predicted octanol–water partition coefficient (Wildman–Crippen LogP) is 7.71. The lowest BCUT2D eigenvalue weighted by Gasteiger charge is -2.26. The zero-order chi connectivity index (χ0) is 19.0. The lowest BCUT2D eigenvalue weighted by atomic mass is 9.80. The molecule has 0 unspecified atom stereocenters. The van der Waals surface area contributed by atoms with Crippen LogP contribution in [0.25, 0.3) is 0 Å². The molecule has 1 N–H and O–H groups in total. The van der Waals surface area contributed by atoms with E-state index in [1.165, 1.54) is 0 Å². The summed E-state index contributed by atoms with van der Waals surface area (Å²) in [5.41, 5.74) is 2.52. The summed E-state index contributed by atoms with van der Waals surface area (Å²) < 4.78 is 0. The Balaban J connectivity index is 2.60. The van der Waals surface area contributed by atoms with Crippen molar-refractivity contribution in [1.29, 1.82) is 0 Å². The Hall–Kier alpha value is -1.58. The fourth-order valence-corrected chi connectivity index (χ4v) is 2.69. The van der Waals surface area contributed by atoms with Crippen LogP contribution >= 0.6 is 23.2 Å². The van der Waals surface area contributed by atoms with Gasteiger partial charge in [-0.3, -0.25) is 0 Å². The molecule has 134 valence electrons. The summed E-state index contributed by atoms with van der Waals surface area (Å²) in [6, 6.07) is 8.92. The molecular formula is C20H24Cl2N2O. The highest BCUT2D eigenvalue weighted by atomic mass is 35.5. The van der Waals surface area contributed by atoms with E-state index in [9.17, 15) is 5.11 Å². The van der Waals surface area contributed by atoms with Crippen molar-refractivity contribution in [2.24, 2.45) is 10.2 Å². The summed E-state index contributed by atoms with van der Waals surface area (Å²) in [6.07, 6.45) is 0. The standard InChI is InChI=1S/C20H24Cl2N2O/c1-19(2,3)12-9-14(20(4,5)6)18(25)17(10-12)24-23-16-11-13(21)7-8-15(16)22/h7-11,25H,1-6H3. The number of phenols is 1. The monoisotopic (exact) mass is 378 g/mol. The SMILES string of the molecule is CC(C)(C)c1cc(N=Nc2cc(Cl)ccc2Cl)c(O)c(C(C)(C)C)c1. The zero-order valence-corrected chi connectivity index (χ0v) is 17.0. The summed E-state index contributed by atoms with van der Waals surface area (Å²) in [7, 11) is 0. The first-order valence-corrected chi connectivity index (χ1v) is 8.90. The average Bonchev–Trinajstić information content (AvgIpc) is 2.47. The minimum absolute atomic E-state index is 0.0777. The highest BCUT2D eigenvalue weighted by Gasteiger charge is 2.25. The number of azo groups is 1. The second kappa shape index (κ2) is 6.97. The Bertz CT molecular complexity index is 816. The molecule has 0 bridgehead atoms. The van der Waals surface area contributed by atoms with Crippen LogP contribution in [0.15, 0.2) is 40.6 Å². The van der Waals surface area contributed by atoms with E-state index >= 15 is 0 Å². The van der Waals surface area contributed by atoms with E-state index in [-0.39, 0.29) is 16.6 Å². The molecule has 0 amide bonds. The van der Waals surface area contributed by atoms with E-state index in [2.05, 4.69) is 51.8 Å². The van der Waals surface area contributed by atoms with Crippen molar-refractivity contribution in [3.05, 3.63) is 51.5 Å². The van der Waals surface area contributed by atoms with Gasteiger partial charge >= 0.3 is 0 Å². The van der Waals surface area contributed by atoms with Crippen molar-refractivity contribution in [3.8, 4) is 5.75 Å². The lowest BCUT2D eigenvalue weighted by Crippen LogP contribution is -2.16. The van der Waals surface area contributed by atoms with Crippen molar-refractivity contribution < 1.29 is 5.11 Å². The van der Waals surface area contributed by atoms with Gasteiger partial charge in [0.1, 0.15) is 17.1 Å². The van der Waals surface area contributed by atoms with Gasteiger partial charge < -0.3 is 5.11 Å². The molecule has 0 saturated heterocycles. The molecule has 0 fully saturated rings. The summed E-state index contributed by atoms with van der Waals surface area (Å²) in [5, 5.41) is 20.1. The Morgan fingerprint density at radius 2 is 1.40 bits per heavy atom. The molecule has 0 radical (unpaired) electrons. The van der Waals surface area contributed by atoms with Crippen LogP contribution in [0.1, 0.15) is 52.7 Å². The van der Waals surface area contributed by atoms with Gasteiger partial charge in [-0.25, -0.2) is 0 Å². The van der Waals surface area contributed by atoms with Gasteiger partial charge in [-0.1, -0.05) is 70.8 Å². The smallest absolute Gasteiger partial charge is 0.146 e. The van der Waals surface area contributed by atoms with Crippen molar-refractivity contribution in [2.45, 2.75) is 52.4 Å². The summed E-state index contributed by atoms with van der Waals surface area (Å²) in [6.45, 7) is 12.6. The number of halogens is 2. The number of rotatable bonds is 2. The van der Waals surface area contributed by atoms with E-state index in [1.54, 1.807) is 18.2 Å². The Morgan fingerprint density at radius 3 is 1.96 bits per heavy atom. The number of nitrogens with zero attached hydrogens (tertiary/aromatic N) is 2. The molecule has 0 aliphatic carbocycles. The van der Waals surface area contributed by atoms with Gasteiger partial charge in [0.2, 0.25) is 0 Å². The highest BCUT2D eigenvalue weighted by molar-refractivity contribution is 6.35. The molecule has 3 nitrogen and oxygen atoms in total. The average molecular weight is 379 g/mol. The van der Waals surface area contributed by atoms with E-state index in [0.29, 0.717) is 21.4 Å². The van der Waals surface area contributed by atoms with Gasteiger partial charge in [0.25, 0.3) is 0 Å². The third kappa shape index (κ3) is 4.74. The maximum Gasteiger partial charge on any atom is 0.146 e. The summed E-state index contributed by atoms with van der Waals surface area (Å²) >= 11 is 12.1. The molecule has 2 rings (SSSR count). The van der Waals surface area contributed by atoms with Crippen LogP contribution < -0.4 is 0 Å². The van der Waals surface area contributed by atoms with Crippen LogP contribution in [0.4, 0.5) is 11.4 Å². The van der Waals surface area contributed by atoms with Crippen molar-refractivity contribution in [2.75, 3.05) is 0 Å². The van der Waals surface area contributed by atoms with E-state index < -0.39 is 0 Å². The van der Waals surface area contributed by atoms with Crippen molar-refractivity contribution >= 4 is 34.6 Å². The number of phenolic OH excluding ortho intramolecular Hbond substituents is 1. The Labute approximate surface area is 159 Å². The topological polar surface area (TPSA) is 45.0 Å². The van der Waals surface area contributed by atoms with Crippen molar-refractivity contribution in [1.82, 2.24) is 0 Å². The molecule has 2 aromatic carbocycles. The molecule has 25 heavy (non-hydrogen) atoms. The fourth-order valence-electron chi connectivity index (χ4n) is 2.37. The van der Waals surface area contributed by atoms with Crippen molar-refractivity contribution in [3.63, 3.8) is 0 Å². The van der Waals surface area contributed by atoms with Crippen LogP contribution in [0.3, 0.4) is 0 Å². The second-order valence-corrected chi connectivity index (χ2v) is 9.03. The normalized spacial score (nSPS) is 12.8. The van der Waals surface area contributed by atoms with Gasteiger partial charge in [0, 0.05) is 10.6 Å². The molecule has 0 aromatic heterocycles. The van der Waals surface area contributed by atoms with Gasteiger partial charge in [0.15, 0.2) is 0 Å². The van der Waals surface area contributed by atoms with E-state index in [1.807, 2.05) is 12.1 Å². The number of hydrogen-bond acceptors (Lipinski definition) is 3. The lowest BCUT2D eigenvalue weighted by molar-refractivity contribution is 0.446. The van der Waals surface area contributed by atoms with Gasteiger partial charge in [-0.05, 0) is 40.7 Å². The predicted molar refractivity (Wildman–Crippen MR) is 106 cm³/mol. The third-order valence-corrected chi connectivity index (χ3v) is 4.49. The summed E-state index contributed by atoms with van der Waals surface area (Å²) in [4.78, 5) is 0. The third-order valence-electron chi connectivity index (χ3n) is 3.94. The molecule has 0 spiro atoms. The largest absolute Gasteiger partial charge is 0.505 e. The summed E-state index contributed by atoms with van der Waals surface area (Å²) in [5.74, 6) is 0.141. The molecule has 0 saturated carbocycles. The molecule has 0 heterocycles. The molecule has 2 aromatic rings. The van der Waals surface area contributed by atoms with Crippen LogP contribution in [0.5, 0.6) is 5.75 Å². The molecule has 0 aliphatic heterocycles. The molecule has 5 heteroatoms. The Kier molecular flexibility index (Phi) is 5.50. The van der Waals surface area contributed by atoms with Gasteiger partial charge in [0.05, 0.1) is 5.02 Å². The number of aromatic hydroxyl groups is 1. The van der Waals surface area contributed by atoms with Crippen LogP contribution in [-0.4, -0.2) is 5.11 Å². The molecule has 0 atom stereocenters.